The topological polar surface area (TPSA) is 18.5 Å². The largest absolute Gasteiger partial charge is 0.432 e. The van der Waals surface area contributed by atoms with Crippen molar-refractivity contribution < 1.29 is 49.0 Å². The van der Waals surface area contributed by atoms with Crippen LogP contribution in [0.5, 0.6) is 5.75 Å². The third-order valence-electron chi connectivity index (χ3n) is 6.83. The van der Waals surface area contributed by atoms with Crippen molar-refractivity contribution in [2.24, 2.45) is 5.92 Å². The molecule has 0 aliphatic heterocycles. The lowest BCUT2D eigenvalue weighted by atomic mass is 9.86. The summed E-state index contributed by atoms with van der Waals surface area (Å²) in [6.45, 7) is 2.00. The first-order valence-corrected chi connectivity index (χ1v) is 12.7. The van der Waals surface area contributed by atoms with E-state index in [0.717, 1.165) is 30.5 Å². The van der Waals surface area contributed by atoms with Gasteiger partial charge in [0, 0.05) is 12.1 Å². The molecule has 3 aromatic carbocycles. The van der Waals surface area contributed by atoms with Crippen molar-refractivity contribution in [3.05, 3.63) is 88.7 Å². The quantitative estimate of drug-likeness (QED) is 0.187. The summed E-state index contributed by atoms with van der Waals surface area (Å²) in [6.07, 6.45) is -9.44. The van der Waals surface area contributed by atoms with Crippen molar-refractivity contribution in [1.29, 1.82) is 0 Å². The van der Waals surface area contributed by atoms with Gasteiger partial charge in [0.25, 0.3) is 0 Å². The average molecular weight is 576 g/mol. The molecule has 0 N–H and O–H groups in total. The summed E-state index contributed by atoms with van der Waals surface area (Å²) in [5.41, 5.74) is -0.0849. The fraction of sp³-hybridized carbons (Fsp3) is 0.379. The molecular formula is C29H25F9O2. The minimum absolute atomic E-state index is 0.0567. The van der Waals surface area contributed by atoms with Crippen LogP contribution in [0.1, 0.15) is 50.2 Å². The van der Waals surface area contributed by atoms with Gasteiger partial charge >= 0.3 is 12.2 Å². The van der Waals surface area contributed by atoms with E-state index in [1.807, 2.05) is 6.92 Å². The molecule has 216 valence electrons. The third-order valence-corrected chi connectivity index (χ3v) is 6.83. The molecule has 0 aromatic heterocycles. The van der Waals surface area contributed by atoms with Crippen molar-refractivity contribution in [2.45, 2.75) is 63.8 Å². The highest BCUT2D eigenvalue weighted by Gasteiger charge is 2.47. The van der Waals surface area contributed by atoms with Crippen molar-refractivity contribution in [3.63, 3.8) is 0 Å². The zero-order valence-corrected chi connectivity index (χ0v) is 21.2. The van der Waals surface area contributed by atoms with Gasteiger partial charge in [-0.25, -0.2) is 22.0 Å². The molecule has 0 saturated heterocycles. The van der Waals surface area contributed by atoms with E-state index in [1.165, 1.54) is 0 Å². The third kappa shape index (κ3) is 6.56. The summed E-state index contributed by atoms with van der Waals surface area (Å²) >= 11 is 0. The van der Waals surface area contributed by atoms with Crippen LogP contribution in [-0.4, -0.2) is 12.2 Å². The minimum Gasteiger partial charge on any atom is -0.432 e. The maximum atomic E-state index is 14.9. The highest BCUT2D eigenvalue weighted by molar-refractivity contribution is 5.64. The molecule has 1 fully saturated rings. The van der Waals surface area contributed by atoms with Gasteiger partial charge in [-0.3, -0.25) is 0 Å². The van der Waals surface area contributed by atoms with Crippen LogP contribution in [0.25, 0.3) is 11.1 Å². The summed E-state index contributed by atoms with van der Waals surface area (Å²) in [5, 5.41) is 0. The zero-order valence-electron chi connectivity index (χ0n) is 21.2. The second-order valence-corrected chi connectivity index (χ2v) is 9.73. The van der Waals surface area contributed by atoms with Gasteiger partial charge in [0.15, 0.2) is 17.5 Å². The lowest BCUT2D eigenvalue weighted by molar-refractivity contribution is -0.287. The minimum atomic E-state index is -4.39. The fourth-order valence-electron chi connectivity index (χ4n) is 4.79. The SMILES string of the molecule is CCCc1ccc(-c2cc(F)c(C(F)(F)OC3CCC(C(F)(F)Oc4cc(F)c(F)c(F)c4)CC3)c(F)c2)cc1. The molecule has 0 spiro atoms. The molecular weight excluding hydrogens is 551 g/mol. The monoisotopic (exact) mass is 576 g/mol. The number of halogens is 9. The molecule has 1 saturated carbocycles. The van der Waals surface area contributed by atoms with E-state index in [4.69, 9.17) is 4.74 Å². The van der Waals surface area contributed by atoms with Crippen LogP contribution in [0.4, 0.5) is 39.5 Å². The highest BCUT2D eigenvalue weighted by Crippen LogP contribution is 2.43. The summed E-state index contributed by atoms with van der Waals surface area (Å²) in [4.78, 5) is 0. The predicted octanol–water partition coefficient (Wildman–Crippen LogP) is 9.30. The first-order chi connectivity index (χ1) is 18.8. The fourth-order valence-corrected chi connectivity index (χ4v) is 4.79. The molecule has 3 aromatic rings. The molecule has 0 radical (unpaired) electrons. The Morgan fingerprint density at radius 1 is 0.725 bits per heavy atom. The number of rotatable bonds is 9. The van der Waals surface area contributed by atoms with Crippen molar-refractivity contribution in [3.8, 4) is 16.9 Å². The van der Waals surface area contributed by atoms with E-state index in [1.54, 1.807) is 24.3 Å². The Morgan fingerprint density at radius 2 is 1.27 bits per heavy atom. The van der Waals surface area contributed by atoms with Gasteiger partial charge < -0.3 is 9.47 Å². The van der Waals surface area contributed by atoms with Gasteiger partial charge in [0.2, 0.25) is 0 Å². The molecule has 40 heavy (non-hydrogen) atoms. The van der Waals surface area contributed by atoms with Gasteiger partial charge in [-0.1, -0.05) is 37.6 Å². The number of aryl methyl sites for hydroxylation is 1. The van der Waals surface area contributed by atoms with Gasteiger partial charge in [0.1, 0.15) is 22.9 Å². The van der Waals surface area contributed by atoms with Crippen molar-refractivity contribution in [1.82, 2.24) is 0 Å². The number of hydrogen-bond acceptors (Lipinski definition) is 2. The summed E-state index contributed by atoms with van der Waals surface area (Å²) < 4.78 is 137. The van der Waals surface area contributed by atoms with E-state index in [2.05, 4.69) is 4.74 Å². The van der Waals surface area contributed by atoms with Crippen LogP contribution in [0.15, 0.2) is 48.5 Å². The van der Waals surface area contributed by atoms with Crippen LogP contribution in [0, 0.1) is 35.0 Å². The smallest absolute Gasteiger partial charge is 0.400 e. The summed E-state index contributed by atoms with van der Waals surface area (Å²) in [6, 6.07) is 8.90. The van der Waals surface area contributed by atoms with E-state index >= 15 is 0 Å². The molecule has 0 amide bonds. The molecule has 0 heterocycles. The predicted molar refractivity (Wildman–Crippen MR) is 128 cm³/mol. The Hall–Kier alpha value is -3.21. The van der Waals surface area contributed by atoms with E-state index < -0.39 is 77.5 Å². The highest BCUT2D eigenvalue weighted by atomic mass is 19.3. The molecule has 4 rings (SSSR count). The Morgan fingerprint density at radius 3 is 1.80 bits per heavy atom. The lowest BCUT2D eigenvalue weighted by Gasteiger charge is -2.34. The number of alkyl halides is 4. The van der Waals surface area contributed by atoms with Crippen molar-refractivity contribution >= 4 is 0 Å². The van der Waals surface area contributed by atoms with E-state index in [0.29, 0.717) is 5.56 Å². The Kier molecular flexibility index (Phi) is 8.72. The molecule has 1 aliphatic carbocycles. The molecule has 1 aliphatic rings. The first-order valence-electron chi connectivity index (χ1n) is 12.7. The summed E-state index contributed by atoms with van der Waals surface area (Å²) in [7, 11) is 0. The van der Waals surface area contributed by atoms with Gasteiger partial charge in [-0.15, -0.1) is 0 Å². The molecule has 11 heteroatoms. The normalized spacial score (nSPS) is 18.1. The molecule has 2 nitrogen and oxygen atoms in total. The molecule has 0 atom stereocenters. The van der Waals surface area contributed by atoms with Gasteiger partial charge in [-0.2, -0.15) is 17.6 Å². The second-order valence-electron chi connectivity index (χ2n) is 9.73. The Labute approximate surface area is 224 Å². The Bertz CT molecular complexity index is 1290. The zero-order chi connectivity index (χ0) is 29.2. The van der Waals surface area contributed by atoms with Crippen molar-refractivity contribution in [2.75, 3.05) is 0 Å². The Balaban J connectivity index is 1.41. The van der Waals surface area contributed by atoms with E-state index in [-0.39, 0.29) is 30.5 Å². The average Bonchev–Trinajstić information content (AvgIpc) is 2.87. The number of ether oxygens (including phenoxy) is 2. The van der Waals surface area contributed by atoms with Gasteiger partial charge in [0.05, 0.1) is 12.0 Å². The van der Waals surface area contributed by atoms with Gasteiger partial charge in [-0.05, 0) is 60.9 Å². The summed E-state index contributed by atoms with van der Waals surface area (Å²) in [5.74, 6) is -10.8. The van der Waals surface area contributed by atoms with Crippen LogP contribution >= 0.6 is 0 Å². The van der Waals surface area contributed by atoms with Crippen LogP contribution in [-0.2, 0) is 17.3 Å². The van der Waals surface area contributed by atoms with Crippen LogP contribution < -0.4 is 4.74 Å². The number of benzene rings is 3. The molecule has 0 unspecified atom stereocenters. The van der Waals surface area contributed by atoms with E-state index in [9.17, 15) is 39.5 Å². The maximum Gasteiger partial charge on any atom is 0.400 e. The maximum absolute atomic E-state index is 14.9. The first kappa shape index (κ1) is 29.8. The molecule has 0 bridgehead atoms. The number of hydrogen-bond donors (Lipinski definition) is 0. The lowest BCUT2D eigenvalue weighted by Crippen LogP contribution is -2.39. The van der Waals surface area contributed by atoms with Crippen LogP contribution in [0.3, 0.4) is 0 Å². The second kappa shape index (κ2) is 11.7. The van der Waals surface area contributed by atoms with Crippen LogP contribution in [0.2, 0.25) is 0 Å². The standard InChI is InChI=1S/C29H25F9O2/c1-2-3-16-4-6-17(7-5-16)18-12-22(30)26(23(31)13-18)29(37,38)39-20-10-8-19(9-11-20)28(35,36)40-21-14-24(32)27(34)25(33)15-21/h4-7,12-15,19-20H,2-3,8-11H2,1H3.